The minimum absolute atomic E-state index is 0.203. The minimum Gasteiger partial charge on any atom is -0.294 e. The number of benzene rings is 2. The van der Waals surface area contributed by atoms with E-state index in [-0.39, 0.29) is 28.5 Å². The van der Waals surface area contributed by atoms with Gasteiger partial charge in [-0.15, -0.1) is 0 Å². The lowest BCUT2D eigenvalue weighted by molar-refractivity contribution is 0.0972. The molecular weight excluding hydrogens is 252 g/mol. The molecule has 0 atom stereocenters. The molecule has 0 aromatic heterocycles. The number of carbonyl (C=O) groups is 3. The molecule has 0 unspecified atom stereocenters. The molecular formula is C17H14O3. The molecule has 0 bridgehead atoms. The van der Waals surface area contributed by atoms with E-state index in [4.69, 9.17) is 0 Å². The highest BCUT2D eigenvalue weighted by Crippen LogP contribution is 2.20. The lowest BCUT2D eigenvalue weighted by atomic mass is 9.91. The van der Waals surface area contributed by atoms with E-state index in [1.807, 2.05) is 6.07 Å². The first kappa shape index (κ1) is 13.9. The molecule has 2 aromatic rings. The van der Waals surface area contributed by atoms with Crippen LogP contribution >= 0.6 is 0 Å². The molecule has 100 valence electrons. The summed E-state index contributed by atoms with van der Waals surface area (Å²) in [7, 11) is 0. The number of ketones is 3. The second-order valence-corrected chi connectivity index (χ2v) is 4.54. The predicted molar refractivity (Wildman–Crippen MR) is 76.3 cm³/mol. The van der Waals surface area contributed by atoms with Crippen LogP contribution in [0.5, 0.6) is 0 Å². The molecule has 0 amide bonds. The molecule has 0 saturated carbocycles. The van der Waals surface area contributed by atoms with Gasteiger partial charge < -0.3 is 0 Å². The molecule has 0 radical (unpaired) electrons. The number of carbonyl (C=O) groups excluding carboxylic acids is 3. The fourth-order valence-corrected chi connectivity index (χ4v) is 2.16. The minimum atomic E-state index is -0.282. The molecule has 3 heteroatoms. The van der Waals surface area contributed by atoms with Crippen LogP contribution in [0.2, 0.25) is 0 Å². The lowest BCUT2D eigenvalue weighted by Crippen LogP contribution is -2.13. The molecule has 0 fully saturated rings. The van der Waals surface area contributed by atoms with Crippen molar-refractivity contribution >= 4 is 17.3 Å². The van der Waals surface area contributed by atoms with E-state index in [0.717, 1.165) is 0 Å². The summed E-state index contributed by atoms with van der Waals surface area (Å²) in [4.78, 5) is 35.9. The van der Waals surface area contributed by atoms with Gasteiger partial charge in [0, 0.05) is 22.3 Å². The fourth-order valence-electron chi connectivity index (χ4n) is 2.16. The predicted octanol–water partition coefficient (Wildman–Crippen LogP) is 3.32. The van der Waals surface area contributed by atoms with Gasteiger partial charge in [-0.25, -0.2) is 0 Å². The van der Waals surface area contributed by atoms with Gasteiger partial charge in [-0.3, -0.25) is 14.4 Å². The van der Waals surface area contributed by atoms with E-state index in [1.54, 1.807) is 42.5 Å². The molecule has 0 heterocycles. The molecule has 0 saturated heterocycles. The van der Waals surface area contributed by atoms with Crippen LogP contribution in [-0.2, 0) is 0 Å². The Balaban J connectivity index is 2.63. The van der Waals surface area contributed by atoms with Crippen LogP contribution < -0.4 is 0 Å². The second-order valence-electron chi connectivity index (χ2n) is 4.54. The molecule has 3 nitrogen and oxygen atoms in total. The van der Waals surface area contributed by atoms with Crippen LogP contribution in [0.15, 0.2) is 48.5 Å². The van der Waals surface area contributed by atoms with Crippen molar-refractivity contribution in [1.29, 1.82) is 0 Å². The smallest absolute Gasteiger partial charge is 0.193 e. The van der Waals surface area contributed by atoms with Crippen molar-refractivity contribution < 1.29 is 14.4 Å². The molecule has 0 N–H and O–H groups in total. The van der Waals surface area contributed by atoms with Gasteiger partial charge in [0.1, 0.15) is 0 Å². The zero-order chi connectivity index (χ0) is 14.7. The van der Waals surface area contributed by atoms with Gasteiger partial charge in [0.15, 0.2) is 17.3 Å². The average molecular weight is 266 g/mol. The van der Waals surface area contributed by atoms with Crippen molar-refractivity contribution in [3.63, 3.8) is 0 Å². The van der Waals surface area contributed by atoms with E-state index in [9.17, 15) is 14.4 Å². The van der Waals surface area contributed by atoms with Crippen molar-refractivity contribution in [2.24, 2.45) is 0 Å². The van der Waals surface area contributed by atoms with Crippen molar-refractivity contribution in [2.75, 3.05) is 0 Å². The van der Waals surface area contributed by atoms with Gasteiger partial charge in [-0.2, -0.15) is 0 Å². The Labute approximate surface area is 117 Å². The molecule has 2 rings (SSSR count). The topological polar surface area (TPSA) is 51.2 Å². The first-order valence-corrected chi connectivity index (χ1v) is 6.27. The maximum absolute atomic E-state index is 12.5. The Bertz CT molecular complexity index is 685. The Morgan fingerprint density at radius 2 is 1.30 bits per heavy atom. The monoisotopic (exact) mass is 266 g/mol. The standard InChI is InChI=1S/C17H14O3/c1-11(18)14-9-6-10-15(16(14)12(2)19)17(20)13-7-4-3-5-8-13/h3-10H,1-2H3. The van der Waals surface area contributed by atoms with Crippen LogP contribution in [0.3, 0.4) is 0 Å². The third-order valence-corrected chi connectivity index (χ3v) is 3.08. The van der Waals surface area contributed by atoms with Gasteiger partial charge in [0.25, 0.3) is 0 Å². The lowest BCUT2D eigenvalue weighted by Gasteiger charge is -2.10. The summed E-state index contributed by atoms with van der Waals surface area (Å²) in [6.07, 6.45) is 0. The maximum atomic E-state index is 12.5. The molecule has 2 aromatic carbocycles. The summed E-state index contributed by atoms with van der Waals surface area (Å²) in [5, 5.41) is 0. The first-order chi connectivity index (χ1) is 9.52. The fraction of sp³-hybridized carbons (Fsp3) is 0.118. The van der Waals surface area contributed by atoms with E-state index < -0.39 is 0 Å². The van der Waals surface area contributed by atoms with Gasteiger partial charge in [-0.05, 0) is 13.8 Å². The Hall–Kier alpha value is -2.55. The Kier molecular flexibility index (Phi) is 3.89. The average Bonchev–Trinajstić information content (AvgIpc) is 2.46. The molecule has 0 aliphatic heterocycles. The van der Waals surface area contributed by atoms with Crippen molar-refractivity contribution in [3.8, 4) is 0 Å². The van der Waals surface area contributed by atoms with Crippen LogP contribution in [0, 0.1) is 0 Å². The molecule has 20 heavy (non-hydrogen) atoms. The highest BCUT2D eigenvalue weighted by atomic mass is 16.1. The zero-order valence-corrected chi connectivity index (χ0v) is 11.3. The van der Waals surface area contributed by atoms with E-state index >= 15 is 0 Å². The summed E-state index contributed by atoms with van der Waals surface area (Å²) >= 11 is 0. The van der Waals surface area contributed by atoms with Gasteiger partial charge in [0.2, 0.25) is 0 Å². The molecule has 0 aliphatic carbocycles. The van der Waals surface area contributed by atoms with Crippen molar-refractivity contribution in [2.45, 2.75) is 13.8 Å². The van der Waals surface area contributed by atoms with Crippen molar-refractivity contribution in [3.05, 3.63) is 70.8 Å². The Morgan fingerprint density at radius 3 is 1.85 bits per heavy atom. The zero-order valence-electron chi connectivity index (χ0n) is 11.3. The number of hydrogen-bond donors (Lipinski definition) is 0. The Morgan fingerprint density at radius 1 is 0.700 bits per heavy atom. The van der Waals surface area contributed by atoms with Gasteiger partial charge in [-0.1, -0.05) is 48.5 Å². The number of hydrogen-bond acceptors (Lipinski definition) is 3. The van der Waals surface area contributed by atoms with Gasteiger partial charge in [0.05, 0.1) is 0 Å². The highest BCUT2D eigenvalue weighted by molar-refractivity contribution is 6.18. The molecule has 0 spiro atoms. The molecule has 0 aliphatic rings. The van der Waals surface area contributed by atoms with E-state index in [1.165, 1.54) is 13.8 Å². The summed E-state index contributed by atoms with van der Waals surface area (Å²) in [6.45, 7) is 2.75. The summed E-state index contributed by atoms with van der Waals surface area (Å²) in [5.74, 6) is -0.758. The van der Waals surface area contributed by atoms with Crippen LogP contribution in [0.1, 0.15) is 50.5 Å². The number of Topliss-reactive ketones (excluding diaryl/α,β-unsaturated/α-hetero) is 2. The maximum Gasteiger partial charge on any atom is 0.193 e. The third kappa shape index (κ3) is 2.57. The normalized spacial score (nSPS) is 10.1. The van der Waals surface area contributed by atoms with E-state index in [0.29, 0.717) is 11.1 Å². The van der Waals surface area contributed by atoms with Gasteiger partial charge >= 0.3 is 0 Å². The number of rotatable bonds is 4. The van der Waals surface area contributed by atoms with E-state index in [2.05, 4.69) is 0 Å². The van der Waals surface area contributed by atoms with Crippen LogP contribution in [0.25, 0.3) is 0 Å². The summed E-state index contributed by atoms with van der Waals surface area (Å²) < 4.78 is 0. The first-order valence-electron chi connectivity index (χ1n) is 6.27. The van der Waals surface area contributed by atoms with Crippen LogP contribution in [0.4, 0.5) is 0 Å². The summed E-state index contributed by atoms with van der Waals surface area (Å²) in [5.41, 5.74) is 1.26. The summed E-state index contributed by atoms with van der Waals surface area (Å²) in [6, 6.07) is 13.5. The highest BCUT2D eigenvalue weighted by Gasteiger charge is 2.20. The SMILES string of the molecule is CC(=O)c1cccc(C(=O)c2ccccc2)c1C(C)=O. The quantitative estimate of drug-likeness (QED) is 0.798. The van der Waals surface area contributed by atoms with Crippen LogP contribution in [-0.4, -0.2) is 17.3 Å². The van der Waals surface area contributed by atoms with Crippen molar-refractivity contribution in [1.82, 2.24) is 0 Å². The largest absolute Gasteiger partial charge is 0.294 e. The third-order valence-electron chi connectivity index (χ3n) is 3.08. The second kappa shape index (κ2) is 5.61.